The van der Waals surface area contributed by atoms with Crippen molar-refractivity contribution in [3.05, 3.63) is 144 Å². The number of fused-ring (bicyclic) bond motifs is 6. The van der Waals surface area contributed by atoms with Crippen LogP contribution in [0.4, 0.5) is 8.78 Å². The molecule has 12 heterocycles. The predicted molar refractivity (Wildman–Crippen MR) is 286 cm³/mol. The molecule has 2 unspecified atom stereocenters. The molecule has 0 bridgehead atoms. The highest BCUT2D eigenvalue weighted by atomic mass is 19.1. The van der Waals surface area contributed by atoms with E-state index in [4.69, 9.17) is 19.4 Å². The first-order chi connectivity index (χ1) is 36.5. The van der Waals surface area contributed by atoms with Crippen molar-refractivity contribution < 1.29 is 28.5 Å². The van der Waals surface area contributed by atoms with E-state index in [1.54, 1.807) is 77.3 Å². The minimum Gasteiger partial charge on any atom is -0.384 e. The minimum absolute atomic E-state index is 0.0783. The van der Waals surface area contributed by atoms with Gasteiger partial charge in [0.1, 0.15) is 34.1 Å². The molecule has 2 N–H and O–H groups in total. The summed E-state index contributed by atoms with van der Waals surface area (Å²) >= 11 is 0. The number of aryl methyl sites for hydroxylation is 4. The first kappa shape index (κ1) is 50.8. The third-order valence-corrected chi connectivity index (χ3v) is 15.2. The van der Waals surface area contributed by atoms with E-state index in [0.29, 0.717) is 60.5 Å². The minimum atomic E-state index is -1.15. The van der Waals surface area contributed by atoms with Gasteiger partial charge in [0.25, 0.3) is 0 Å². The summed E-state index contributed by atoms with van der Waals surface area (Å²) in [6.07, 6.45) is 13.5. The van der Waals surface area contributed by atoms with E-state index < -0.39 is 23.3 Å². The third-order valence-electron chi connectivity index (χ3n) is 15.2. The molecule has 0 aliphatic carbocycles. The Balaban J connectivity index is 0.000000162. The number of rotatable bonds is 10. The first-order valence-corrected chi connectivity index (χ1v) is 25.9. The second-order valence-corrected chi connectivity index (χ2v) is 21.3. The number of pyridine rings is 6. The molecule has 0 amide bonds. The van der Waals surface area contributed by atoms with E-state index in [1.165, 1.54) is 12.1 Å². The zero-order valence-electron chi connectivity index (χ0n) is 44.0. The molecule has 76 heavy (non-hydrogen) atoms. The van der Waals surface area contributed by atoms with Gasteiger partial charge in [-0.05, 0) is 140 Å². The molecule has 2 aliphatic heterocycles. The van der Waals surface area contributed by atoms with Crippen molar-refractivity contribution >= 4 is 43.9 Å². The van der Waals surface area contributed by atoms with Crippen molar-refractivity contribution in [2.45, 2.75) is 90.5 Å². The maximum Gasteiger partial charge on any atom is 0.146 e. The van der Waals surface area contributed by atoms with Crippen LogP contribution in [-0.2, 0) is 34.8 Å². The van der Waals surface area contributed by atoms with Crippen LogP contribution in [0.5, 0.6) is 0 Å². The molecule has 2 saturated heterocycles. The van der Waals surface area contributed by atoms with Crippen molar-refractivity contribution in [1.29, 1.82) is 0 Å². The Kier molecular flexibility index (Phi) is 13.3. The molecule has 392 valence electrons. The molecule has 18 heteroatoms. The summed E-state index contributed by atoms with van der Waals surface area (Å²) in [6.45, 7) is 13.2. The van der Waals surface area contributed by atoms with Gasteiger partial charge in [-0.15, -0.1) is 0 Å². The smallest absolute Gasteiger partial charge is 0.146 e. The van der Waals surface area contributed by atoms with Crippen molar-refractivity contribution in [3.8, 4) is 22.8 Å². The predicted octanol–water partition coefficient (Wildman–Crippen LogP) is 10.1. The maximum absolute atomic E-state index is 15.5. The number of aliphatic hydroxyl groups is 2. The van der Waals surface area contributed by atoms with Gasteiger partial charge in [-0.2, -0.15) is 0 Å². The van der Waals surface area contributed by atoms with Crippen LogP contribution >= 0.6 is 0 Å². The van der Waals surface area contributed by atoms with Crippen molar-refractivity contribution in [2.24, 2.45) is 25.9 Å². The molecule has 12 rings (SSSR count). The van der Waals surface area contributed by atoms with Crippen molar-refractivity contribution in [2.75, 3.05) is 26.4 Å². The Morgan fingerprint density at radius 3 is 1.29 bits per heavy atom. The largest absolute Gasteiger partial charge is 0.384 e. The van der Waals surface area contributed by atoms with Crippen LogP contribution in [0.25, 0.3) is 66.6 Å². The zero-order valence-corrected chi connectivity index (χ0v) is 44.0. The zero-order chi connectivity index (χ0) is 53.2. The van der Waals surface area contributed by atoms with Crippen molar-refractivity contribution in [3.63, 3.8) is 0 Å². The molecule has 0 spiro atoms. The van der Waals surface area contributed by atoms with Gasteiger partial charge >= 0.3 is 0 Å². The second-order valence-electron chi connectivity index (χ2n) is 21.3. The molecule has 0 saturated carbocycles. The fourth-order valence-corrected chi connectivity index (χ4v) is 11.3. The normalized spacial score (nSPS) is 15.9. The number of imidazole rings is 2. The molecule has 2 aliphatic rings. The molecular formula is C58H62F2N12O4. The van der Waals surface area contributed by atoms with Crippen LogP contribution in [-0.4, -0.2) is 94.8 Å². The Hall–Kier alpha value is -7.38. The van der Waals surface area contributed by atoms with Gasteiger partial charge in [-0.25, -0.2) is 28.7 Å². The van der Waals surface area contributed by atoms with Gasteiger partial charge in [-0.1, -0.05) is 0 Å². The van der Waals surface area contributed by atoms with Crippen LogP contribution < -0.4 is 0 Å². The highest BCUT2D eigenvalue weighted by Gasteiger charge is 2.36. The van der Waals surface area contributed by atoms with E-state index in [2.05, 4.69) is 39.0 Å². The van der Waals surface area contributed by atoms with Gasteiger partial charge in [0.15, 0.2) is 0 Å². The topological polar surface area (TPSA) is 182 Å². The SMILES string of the molecule is Cc1ncn(C)c1-c1ccc2c3cnc(C(C)(C)O)cc3n(C(c3ncccc3F)C3CCOCC3)c2n1.Cc1ncn(C)c1-c1ccc2c3cnc(C(C)(C)O)cc3n(C(c3ncccc3F)C3CCOCC3)c2n1. The quantitative estimate of drug-likeness (QED) is 0.132. The van der Waals surface area contributed by atoms with E-state index in [9.17, 15) is 10.2 Å². The fraction of sp³-hybridized carbons (Fsp3) is 0.379. The highest BCUT2D eigenvalue weighted by molar-refractivity contribution is 6.08. The summed E-state index contributed by atoms with van der Waals surface area (Å²) in [4.78, 5) is 37.5. The number of ether oxygens (including phenoxy) is 2. The van der Waals surface area contributed by atoms with Gasteiger partial charge in [0.05, 0.1) is 92.7 Å². The molecule has 10 aromatic rings. The van der Waals surface area contributed by atoms with E-state index in [-0.39, 0.29) is 23.5 Å². The summed E-state index contributed by atoms with van der Waals surface area (Å²) in [5, 5.41) is 25.2. The monoisotopic (exact) mass is 1030 g/mol. The van der Waals surface area contributed by atoms with Crippen LogP contribution in [0.1, 0.15) is 99.6 Å². The fourth-order valence-electron chi connectivity index (χ4n) is 11.3. The number of hydrogen-bond acceptors (Lipinski definition) is 12. The first-order valence-electron chi connectivity index (χ1n) is 25.9. The second kappa shape index (κ2) is 20.0. The number of nitrogens with zero attached hydrogens (tertiary/aromatic N) is 12. The molecular weight excluding hydrogens is 967 g/mol. The Morgan fingerprint density at radius 2 is 0.947 bits per heavy atom. The Morgan fingerprint density at radius 1 is 0.553 bits per heavy atom. The average molecular weight is 1030 g/mol. The summed E-state index contributed by atoms with van der Waals surface area (Å²) < 4.78 is 50.4. The summed E-state index contributed by atoms with van der Waals surface area (Å²) in [7, 11) is 3.90. The van der Waals surface area contributed by atoms with Gasteiger partial charge in [-0.3, -0.25) is 19.9 Å². The summed E-state index contributed by atoms with van der Waals surface area (Å²) in [5.74, 6) is -0.548. The highest BCUT2D eigenvalue weighted by Crippen LogP contribution is 2.44. The van der Waals surface area contributed by atoms with Crippen LogP contribution in [0.3, 0.4) is 0 Å². The molecule has 2 atom stereocenters. The standard InChI is InChI=1S/2C29H31FN6O2/c2*1-17-26(35(4)16-33-17)22-8-7-19-20-15-32-24(29(2,3)37)14-23(20)36(28(19)34-22)27(18-9-12-38-13-10-18)25-21(30)6-5-11-31-25/h2*5-8,11,14-16,18,27,37H,9-10,12-13H2,1-4H3. The molecule has 2 fully saturated rings. The van der Waals surface area contributed by atoms with Crippen molar-refractivity contribution in [1.82, 2.24) is 58.1 Å². The molecule has 10 aromatic heterocycles. The molecule has 0 radical (unpaired) electrons. The van der Waals surface area contributed by atoms with Crippen LogP contribution in [0.15, 0.2) is 98.1 Å². The van der Waals surface area contributed by atoms with Gasteiger partial charge in [0.2, 0.25) is 0 Å². The van der Waals surface area contributed by atoms with Crippen LogP contribution in [0.2, 0.25) is 0 Å². The lowest BCUT2D eigenvalue weighted by atomic mass is 9.88. The maximum atomic E-state index is 15.5. The lowest BCUT2D eigenvalue weighted by Gasteiger charge is -2.32. The summed E-state index contributed by atoms with van der Waals surface area (Å²) in [6, 6.07) is 17.2. The van der Waals surface area contributed by atoms with E-state index >= 15 is 8.78 Å². The number of aromatic nitrogens is 12. The third kappa shape index (κ3) is 9.20. The number of halogens is 2. The average Bonchev–Trinajstić information content (AvgIpc) is 4.14. The van der Waals surface area contributed by atoms with Crippen LogP contribution in [0, 0.1) is 37.3 Å². The van der Waals surface area contributed by atoms with Gasteiger partial charge < -0.3 is 38.0 Å². The Bertz CT molecular complexity index is 3500. The van der Waals surface area contributed by atoms with Gasteiger partial charge in [0, 0.05) is 86.9 Å². The molecule has 16 nitrogen and oxygen atoms in total. The number of hydrogen-bond donors (Lipinski definition) is 2. The summed E-state index contributed by atoms with van der Waals surface area (Å²) in [5.41, 5.74) is 7.79. The van der Waals surface area contributed by atoms with E-state index in [1.807, 2.05) is 73.5 Å². The lowest BCUT2D eigenvalue weighted by molar-refractivity contribution is 0.0541. The lowest BCUT2D eigenvalue weighted by Crippen LogP contribution is -2.28. The molecule has 0 aromatic carbocycles. The van der Waals surface area contributed by atoms with E-state index in [0.717, 1.165) is 92.4 Å². The Labute approximate surface area is 438 Å².